The van der Waals surface area contributed by atoms with Gasteiger partial charge in [-0.1, -0.05) is 18.6 Å². The van der Waals surface area contributed by atoms with Crippen LogP contribution < -0.4 is 0 Å². The van der Waals surface area contributed by atoms with Gasteiger partial charge in [0.1, 0.15) is 5.78 Å². The Morgan fingerprint density at radius 3 is 2.90 bits per heavy atom. The molecular formula is C18H24O2. The van der Waals surface area contributed by atoms with Gasteiger partial charge in [-0.05, 0) is 61.5 Å². The van der Waals surface area contributed by atoms with Gasteiger partial charge in [-0.25, -0.2) is 0 Å². The summed E-state index contributed by atoms with van der Waals surface area (Å²) in [6.45, 7) is 2.29. The summed E-state index contributed by atoms with van der Waals surface area (Å²) in [6, 6.07) is 0. The summed E-state index contributed by atoms with van der Waals surface area (Å²) in [5.74, 6) is 1.74. The third-order valence-corrected chi connectivity index (χ3v) is 6.60. The van der Waals surface area contributed by atoms with E-state index in [2.05, 4.69) is 13.0 Å². The number of aliphatic hydroxyl groups is 1. The molecule has 1 N–H and O–H groups in total. The van der Waals surface area contributed by atoms with E-state index in [4.69, 9.17) is 0 Å². The van der Waals surface area contributed by atoms with Gasteiger partial charge < -0.3 is 5.11 Å². The first kappa shape index (κ1) is 12.8. The second-order valence-electron chi connectivity index (χ2n) is 7.51. The van der Waals surface area contributed by atoms with Crippen molar-refractivity contribution in [1.29, 1.82) is 0 Å². The lowest BCUT2D eigenvalue weighted by molar-refractivity contribution is -0.118. The van der Waals surface area contributed by atoms with Gasteiger partial charge in [0.15, 0.2) is 0 Å². The highest BCUT2D eigenvalue weighted by atomic mass is 16.3. The van der Waals surface area contributed by atoms with Gasteiger partial charge in [-0.2, -0.15) is 0 Å². The van der Waals surface area contributed by atoms with Crippen LogP contribution in [0.25, 0.3) is 0 Å². The summed E-state index contributed by atoms with van der Waals surface area (Å²) in [5, 5.41) is 10.4. The number of Topliss-reactive ketones (excluding diaryl/α,β-unsaturated/α-hetero) is 1. The van der Waals surface area contributed by atoms with Crippen molar-refractivity contribution < 1.29 is 9.90 Å². The van der Waals surface area contributed by atoms with Crippen molar-refractivity contribution in [3.8, 4) is 0 Å². The number of hydrogen-bond acceptors (Lipinski definition) is 2. The van der Waals surface area contributed by atoms with Crippen LogP contribution in [-0.4, -0.2) is 17.0 Å². The number of carbonyl (C=O) groups excluding carboxylic acids is 1. The fraction of sp³-hybridized carbons (Fsp3) is 0.722. The molecule has 4 aliphatic carbocycles. The Balaban J connectivity index is 1.73. The second kappa shape index (κ2) is 4.30. The van der Waals surface area contributed by atoms with Crippen LogP contribution in [0.5, 0.6) is 0 Å². The number of carbonyl (C=O) groups is 1. The summed E-state index contributed by atoms with van der Waals surface area (Å²) in [5.41, 5.74) is 4.64. The number of ketones is 1. The third kappa shape index (κ3) is 1.64. The number of fused-ring (bicyclic) bond motifs is 4. The monoisotopic (exact) mass is 272 g/mol. The zero-order chi connectivity index (χ0) is 13.9. The lowest BCUT2D eigenvalue weighted by Crippen LogP contribution is -2.40. The fourth-order valence-corrected chi connectivity index (χ4v) is 5.39. The van der Waals surface area contributed by atoms with Gasteiger partial charge in [0, 0.05) is 18.3 Å². The van der Waals surface area contributed by atoms with Crippen molar-refractivity contribution in [3.63, 3.8) is 0 Å². The predicted molar refractivity (Wildman–Crippen MR) is 78.1 cm³/mol. The van der Waals surface area contributed by atoms with Gasteiger partial charge in [0.05, 0.1) is 6.10 Å². The maximum Gasteiger partial charge on any atom is 0.137 e. The molecule has 0 aromatic rings. The Morgan fingerprint density at radius 2 is 2.05 bits per heavy atom. The molecule has 1 saturated carbocycles. The Bertz CT molecular complexity index is 528. The molecule has 0 radical (unpaired) electrons. The van der Waals surface area contributed by atoms with E-state index in [1.165, 1.54) is 24.0 Å². The van der Waals surface area contributed by atoms with E-state index in [1.807, 2.05) is 0 Å². The molecular weight excluding hydrogens is 248 g/mol. The van der Waals surface area contributed by atoms with E-state index in [-0.39, 0.29) is 11.5 Å². The van der Waals surface area contributed by atoms with Crippen LogP contribution >= 0.6 is 0 Å². The summed E-state index contributed by atoms with van der Waals surface area (Å²) < 4.78 is 0. The van der Waals surface area contributed by atoms with Crippen molar-refractivity contribution in [3.05, 3.63) is 22.8 Å². The molecule has 0 aromatic carbocycles. The molecule has 4 rings (SSSR count). The molecule has 0 unspecified atom stereocenters. The Hall–Kier alpha value is -0.890. The molecule has 2 heteroatoms. The molecule has 0 aliphatic heterocycles. The largest absolute Gasteiger partial charge is 0.393 e. The normalized spacial score (nSPS) is 43.8. The standard InChI is InChI=1S/C18H24O2/c1-18-9-8-14-13-5-3-12(19)10-11(13)2-4-15(14)16(18)6-7-17(18)20/h8,15-17,20H,2-7,9-10H2,1H3/t15-,16+,17+,18+/m1/s1. The molecule has 0 aromatic heterocycles. The highest BCUT2D eigenvalue weighted by Crippen LogP contribution is 2.58. The first-order chi connectivity index (χ1) is 9.59. The molecule has 108 valence electrons. The van der Waals surface area contributed by atoms with Crippen LogP contribution in [0.1, 0.15) is 58.3 Å². The minimum absolute atomic E-state index is 0.108. The van der Waals surface area contributed by atoms with Crippen molar-refractivity contribution >= 4 is 5.78 Å². The van der Waals surface area contributed by atoms with Gasteiger partial charge >= 0.3 is 0 Å². The van der Waals surface area contributed by atoms with E-state index in [9.17, 15) is 9.90 Å². The highest BCUT2D eigenvalue weighted by Gasteiger charge is 2.52. The zero-order valence-electron chi connectivity index (χ0n) is 12.3. The SMILES string of the molecule is C[C@]12CC=C3C4=C(CC[C@H]3[C@@H]1CC[C@@H]2O)CC(=O)CC4. The number of rotatable bonds is 0. The van der Waals surface area contributed by atoms with E-state index >= 15 is 0 Å². The zero-order valence-corrected chi connectivity index (χ0v) is 12.3. The van der Waals surface area contributed by atoms with E-state index in [0.717, 1.165) is 32.1 Å². The van der Waals surface area contributed by atoms with Crippen LogP contribution in [0.15, 0.2) is 22.8 Å². The lowest BCUT2D eigenvalue weighted by Gasteiger charge is -2.46. The molecule has 4 aliphatic rings. The summed E-state index contributed by atoms with van der Waals surface area (Å²) in [7, 11) is 0. The van der Waals surface area contributed by atoms with Crippen LogP contribution in [-0.2, 0) is 4.79 Å². The van der Waals surface area contributed by atoms with Crippen molar-refractivity contribution in [1.82, 2.24) is 0 Å². The molecule has 0 saturated heterocycles. The van der Waals surface area contributed by atoms with E-state index < -0.39 is 0 Å². The first-order valence-electron chi connectivity index (χ1n) is 8.20. The van der Waals surface area contributed by atoms with Gasteiger partial charge in [0.25, 0.3) is 0 Å². The summed E-state index contributed by atoms with van der Waals surface area (Å²) in [4.78, 5) is 11.7. The average Bonchev–Trinajstić information content (AvgIpc) is 2.74. The molecule has 0 spiro atoms. The van der Waals surface area contributed by atoms with Crippen LogP contribution in [0.4, 0.5) is 0 Å². The Labute approximate surface area is 120 Å². The van der Waals surface area contributed by atoms with Crippen molar-refractivity contribution in [2.75, 3.05) is 0 Å². The van der Waals surface area contributed by atoms with Gasteiger partial charge in [-0.3, -0.25) is 4.79 Å². The van der Waals surface area contributed by atoms with Crippen molar-refractivity contribution in [2.45, 2.75) is 64.4 Å². The quantitative estimate of drug-likeness (QED) is 0.732. The van der Waals surface area contributed by atoms with Crippen LogP contribution in [0.3, 0.4) is 0 Å². The molecule has 0 heterocycles. The Kier molecular flexibility index (Phi) is 2.76. The molecule has 0 bridgehead atoms. The predicted octanol–water partition coefficient (Wildman–Crippen LogP) is 3.55. The lowest BCUT2D eigenvalue weighted by atomic mass is 9.58. The smallest absolute Gasteiger partial charge is 0.137 e. The fourth-order valence-electron chi connectivity index (χ4n) is 5.39. The first-order valence-corrected chi connectivity index (χ1v) is 8.20. The number of aliphatic hydroxyl groups excluding tert-OH is 1. The molecule has 4 atom stereocenters. The topological polar surface area (TPSA) is 37.3 Å². The second-order valence-corrected chi connectivity index (χ2v) is 7.51. The van der Waals surface area contributed by atoms with E-state index in [0.29, 0.717) is 24.0 Å². The molecule has 20 heavy (non-hydrogen) atoms. The minimum Gasteiger partial charge on any atom is -0.393 e. The minimum atomic E-state index is -0.117. The Morgan fingerprint density at radius 1 is 1.20 bits per heavy atom. The van der Waals surface area contributed by atoms with Crippen LogP contribution in [0.2, 0.25) is 0 Å². The summed E-state index contributed by atoms with van der Waals surface area (Å²) in [6.07, 6.45) is 10.2. The average molecular weight is 272 g/mol. The van der Waals surface area contributed by atoms with Gasteiger partial charge in [0.2, 0.25) is 0 Å². The highest BCUT2D eigenvalue weighted by molar-refractivity contribution is 5.83. The van der Waals surface area contributed by atoms with Gasteiger partial charge in [-0.15, -0.1) is 0 Å². The molecule has 0 amide bonds. The summed E-state index contributed by atoms with van der Waals surface area (Å²) >= 11 is 0. The molecule has 1 fully saturated rings. The number of hydrogen-bond donors (Lipinski definition) is 1. The van der Waals surface area contributed by atoms with Crippen molar-refractivity contribution in [2.24, 2.45) is 17.3 Å². The van der Waals surface area contributed by atoms with E-state index in [1.54, 1.807) is 5.57 Å². The number of allylic oxidation sites excluding steroid dienone is 4. The molecule has 2 nitrogen and oxygen atoms in total. The third-order valence-electron chi connectivity index (χ3n) is 6.60. The maximum absolute atomic E-state index is 11.7. The maximum atomic E-state index is 11.7. The van der Waals surface area contributed by atoms with Crippen LogP contribution in [0, 0.1) is 17.3 Å².